The van der Waals surface area contributed by atoms with Gasteiger partial charge in [-0.1, -0.05) is 31.0 Å². The first-order chi connectivity index (χ1) is 16.1. The number of nitrogens with zero attached hydrogens (tertiary/aromatic N) is 3. The van der Waals surface area contributed by atoms with Gasteiger partial charge in [0.05, 0.1) is 23.0 Å². The molecule has 34 heavy (non-hydrogen) atoms. The van der Waals surface area contributed by atoms with Gasteiger partial charge in [-0.05, 0) is 85.5 Å². The highest BCUT2D eigenvalue weighted by atomic mass is 35.5. The van der Waals surface area contributed by atoms with E-state index in [-0.39, 0.29) is 23.2 Å². The van der Waals surface area contributed by atoms with E-state index in [4.69, 9.17) is 11.6 Å². The van der Waals surface area contributed by atoms with E-state index in [2.05, 4.69) is 35.7 Å². The Bertz CT molecular complexity index is 1210. The fourth-order valence-electron chi connectivity index (χ4n) is 8.22. The van der Waals surface area contributed by atoms with E-state index in [1.165, 1.54) is 5.57 Å². The van der Waals surface area contributed by atoms with Gasteiger partial charge in [0.2, 0.25) is 5.12 Å². The maximum Gasteiger partial charge on any atom is 0.218 e. The molecule has 2 aromatic heterocycles. The number of aromatic nitrogens is 3. The molecule has 3 fully saturated rings. The number of fused-ring (bicyclic) bond motifs is 6. The van der Waals surface area contributed by atoms with Gasteiger partial charge in [0.1, 0.15) is 5.60 Å². The summed E-state index contributed by atoms with van der Waals surface area (Å²) in [5, 5.41) is 27.7. The zero-order valence-electron chi connectivity index (χ0n) is 19.4. The quantitative estimate of drug-likeness (QED) is 0.537. The molecule has 180 valence electrons. The third-order valence-corrected chi connectivity index (χ3v) is 10.5. The minimum atomic E-state index is -1.46. The lowest BCUT2D eigenvalue weighted by atomic mass is 9.45. The maximum absolute atomic E-state index is 12.4. The van der Waals surface area contributed by atoms with E-state index in [1.54, 1.807) is 6.20 Å². The molecule has 2 N–H and O–H groups in total. The zero-order valence-corrected chi connectivity index (χ0v) is 21.1. The van der Waals surface area contributed by atoms with E-state index in [0.717, 1.165) is 42.8 Å². The first-order valence-electron chi connectivity index (χ1n) is 12.1. The minimum absolute atomic E-state index is 0.0769. The third kappa shape index (κ3) is 2.87. The van der Waals surface area contributed by atoms with Crippen LogP contribution in [0, 0.1) is 28.6 Å². The number of hydrogen-bond donors (Lipinski definition) is 3. The normalized spacial score (nSPS) is 40.6. The van der Waals surface area contributed by atoms with Gasteiger partial charge < -0.3 is 10.2 Å². The highest BCUT2D eigenvalue weighted by Gasteiger charge is 2.68. The van der Waals surface area contributed by atoms with Crippen LogP contribution in [0.1, 0.15) is 57.2 Å². The van der Waals surface area contributed by atoms with Crippen LogP contribution in [-0.4, -0.2) is 41.8 Å². The van der Waals surface area contributed by atoms with Crippen LogP contribution in [0.25, 0.3) is 11.9 Å². The largest absolute Gasteiger partial charge is 0.393 e. The number of thiol groups is 1. The minimum Gasteiger partial charge on any atom is -0.393 e. The van der Waals surface area contributed by atoms with Crippen LogP contribution < -0.4 is 0 Å². The highest BCUT2D eigenvalue weighted by Crippen LogP contribution is 2.67. The number of allylic oxidation sites excluding steroid dienone is 1. The second-order valence-electron chi connectivity index (χ2n) is 11.3. The third-order valence-electron chi connectivity index (χ3n) is 9.86. The smallest absolute Gasteiger partial charge is 0.218 e. The van der Waals surface area contributed by atoms with Gasteiger partial charge in [-0.15, -0.1) is 12.6 Å². The molecule has 0 spiro atoms. The monoisotopic (exact) mass is 499 g/mol. The van der Waals surface area contributed by atoms with Crippen molar-refractivity contribution in [3.8, 4) is 5.82 Å². The number of carbonyl (C=O) groups is 1. The standard InChI is InChI=1S/C26H30ClN3O3S/c1-24-10-14-12-29-30(21-6-4-16(27)13-28-21)19(14)9-15(24)3-5-17-18-7-8-26(33,23(32)34)25(18,2)11-20(31)22(17)24/h4,6,9,12-13,17-18,20,22,31,33H,3,5,7-8,10-11H2,1-2H3,(H,32,34)/t17?,18-,20?,22+,24?,25?,26?/m0/s1. The van der Waals surface area contributed by atoms with Crippen molar-refractivity contribution in [3.05, 3.63) is 46.4 Å². The lowest BCUT2D eigenvalue weighted by Gasteiger charge is -2.60. The number of carbonyl (C=O) groups excluding carboxylic acids is 1. The molecule has 0 radical (unpaired) electrons. The van der Waals surface area contributed by atoms with Gasteiger partial charge in [-0.2, -0.15) is 5.10 Å². The molecule has 5 unspecified atom stereocenters. The van der Waals surface area contributed by atoms with E-state index in [0.29, 0.717) is 17.9 Å². The number of aliphatic hydroxyl groups excluding tert-OH is 1. The molecule has 0 bridgehead atoms. The Morgan fingerprint density at radius 1 is 1.26 bits per heavy atom. The summed E-state index contributed by atoms with van der Waals surface area (Å²) in [5.41, 5.74) is 1.25. The fraction of sp³-hybridized carbons (Fsp3) is 0.577. The Labute approximate surface area is 209 Å². The molecule has 3 saturated carbocycles. The SMILES string of the molecule is CC12Cc3cnn(-c4ccc(Cl)cn4)c3C=C1CCC1[C@@H]2C(O)CC2(C)[C@H]1CCC2(O)C(=O)S. The Morgan fingerprint density at radius 3 is 2.76 bits per heavy atom. The van der Waals surface area contributed by atoms with E-state index >= 15 is 0 Å². The van der Waals surface area contributed by atoms with Gasteiger partial charge in [0, 0.05) is 11.6 Å². The van der Waals surface area contributed by atoms with Crippen molar-refractivity contribution in [1.29, 1.82) is 0 Å². The predicted octanol–water partition coefficient (Wildman–Crippen LogP) is 4.26. The first-order valence-corrected chi connectivity index (χ1v) is 12.9. The number of rotatable bonds is 2. The molecule has 4 aliphatic carbocycles. The Balaban J connectivity index is 1.38. The summed E-state index contributed by atoms with van der Waals surface area (Å²) >= 11 is 10.1. The van der Waals surface area contributed by atoms with E-state index in [1.807, 2.05) is 29.9 Å². The molecular formula is C26H30ClN3O3S. The summed E-state index contributed by atoms with van der Waals surface area (Å²) < 4.78 is 1.87. The second-order valence-corrected chi connectivity index (χ2v) is 12.1. The zero-order chi connectivity index (χ0) is 24.0. The molecule has 2 heterocycles. The van der Waals surface area contributed by atoms with E-state index < -0.39 is 22.2 Å². The van der Waals surface area contributed by atoms with E-state index in [9.17, 15) is 15.0 Å². The molecule has 0 aliphatic heterocycles. The summed E-state index contributed by atoms with van der Waals surface area (Å²) in [7, 11) is 0. The van der Waals surface area contributed by atoms with Crippen molar-refractivity contribution in [2.24, 2.45) is 28.6 Å². The fourth-order valence-corrected chi connectivity index (χ4v) is 8.70. The molecule has 6 rings (SSSR count). The number of hydrogen-bond acceptors (Lipinski definition) is 5. The molecule has 6 nitrogen and oxygen atoms in total. The van der Waals surface area contributed by atoms with Crippen molar-refractivity contribution in [2.75, 3.05) is 0 Å². The van der Waals surface area contributed by atoms with Crippen molar-refractivity contribution < 1.29 is 15.0 Å². The average molecular weight is 500 g/mol. The van der Waals surface area contributed by atoms with Gasteiger partial charge in [-0.3, -0.25) is 4.79 Å². The number of pyridine rings is 1. The molecule has 0 aromatic carbocycles. The summed E-state index contributed by atoms with van der Waals surface area (Å²) in [6.45, 7) is 4.28. The lowest BCUT2D eigenvalue weighted by molar-refractivity contribution is -0.173. The van der Waals surface area contributed by atoms with Crippen molar-refractivity contribution in [2.45, 2.75) is 64.1 Å². The Kier molecular flexibility index (Phi) is 4.97. The first kappa shape index (κ1) is 22.8. The number of halogens is 1. The molecular weight excluding hydrogens is 470 g/mol. The molecule has 8 heteroatoms. The lowest BCUT2D eigenvalue weighted by Crippen LogP contribution is -2.61. The highest BCUT2D eigenvalue weighted by molar-refractivity contribution is 7.96. The van der Waals surface area contributed by atoms with Crippen LogP contribution in [0.5, 0.6) is 0 Å². The predicted molar refractivity (Wildman–Crippen MR) is 133 cm³/mol. The molecule has 0 amide bonds. The Morgan fingerprint density at radius 2 is 2.06 bits per heavy atom. The summed E-state index contributed by atoms with van der Waals surface area (Å²) in [4.78, 5) is 16.8. The molecule has 0 saturated heterocycles. The Hall–Kier alpha value is -1.67. The molecule has 4 aliphatic rings. The van der Waals surface area contributed by atoms with Crippen LogP contribution >= 0.6 is 24.2 Å². The van der Waals surface area contributed by atoms with Gasteiger partial charge in [0.15, 0.2) is 5.82 Å². The van der Waals surface area contributed by atoms with Crippen molar-refractivity contribution in [3.63, 3.8) is 0 Å². The van der Waals surface area contributed by atoms with Crippen LogP contribution in [0.15, 0.2) is 30.1 Å². The van der Waals surface area contributed by atoms with Crippen molar-refractivity contribution in [1.82, 2.24) is 14.8 Å². The van der Waals surface area contributed by atoms with Crippen molar-refractivity contribution >= 4 is 35.4 Å². The van der Waals surface area contributed by atoms with Crippen LogP contribution in [0.3, 0.4) is 0 Å². The maximum atomic E-state index is 12.4. The average Bonchev–Trinajstić information content (AvgIpc) is 3.30. The summed E-state index contributed by atoms with van der Waals surface area (Å²) in [5.74, 6) is 1.26. The molecule has 2 aromatic rings. The summed E-state index contributed by atoms with van der Waals surface area (Å²) in [6.07, 6.45) is 9.54. The molecule has 7 atom stereocenters. The van der Waals surface area contributed by atoms with Gasteiger partial charge in [-0.25, -0.2) is 9.67 Å². The topological polar surface area (TPSA) is 88.2 Å². The second kappa shape index (κ2) is 7.42. The van der Waals surface area contributed by atoms with Crippen LogP contribution in [0.4, 0.5) is 0 Å². The van der Waals surface area contributed by atoms with Gasteiger partial charge in [0.25, 0.3) is 0 Å². The summed E-state index contributed by atoms with van der Waals surface area (Å²) in [6, 6.07) is 3.69. The number of aliphatic hydroxyl groups is 2. The van der Waals surface area contributed by atoms with Gasteiger partial charge >= 0.3 is 0 Å². The van der Waals surface area contributed by atoms with Crippen LogP contribution in [0.2, 0.25) is 5.02 Å². The van der Waals surface area contributed by atoms with Crippen LogP contribution in [-0.2, 0) is 11.2 Å².